The number of nitrogens with zero attached hydrogens (tertiary/aromatic N) is 1. The Labute approximate surface area is 145 Å². The fraction of sp³-hybridized carbons (Fsp3) is 0.632. The number of ether oxygens (including phenoxy) is 2. The number of methoxy groups -OCH3 is 1. The van der Waals surface area contributed by atoms with Gasteiger partial charge in [-0.2, -0.15) is 0 Å². The molecule has 1 amide bonds. The second kappa shape index (κ2) is 7.99. The van der Waals surface area contributed by atoms with Crippen molar-refractivity contribution in [2.45, 2.75) is 39.3 Å². The zero-order valence-corrected chi connectivity index (χ0v) is 15.5. The average molecular weight is 334 g/mol. The number of likely N-dealkylation sites (tertiary alicyclic amines) is 1. The van der Waals surface area contributed by atoms with Gasteiger partial charge in [-0.25, -0.2) is 0 Å². The summed E-state index contributed by atoms with van der Waals surface area (Å²) in [6.45, 7) is 7.91. The molecule has 0 spiro atoms. The van der Waals surface area contributed by atoms with Crippen molar-refractivity contribution in [1.82, 2.24) is 10.2 Å². The number of likely N-dealkylation sites (N-methyl/N-ethyl adjacent to an activating group) is 1. The van der Waals surface area contributed by atoms with Crippen LogP contribution in [0.5, 0.6) is 5.75 Å². The summed E-state index contributed by atoms with van der Waals surface area (Å²) in [5, 5.41) is 3.13. The minimum atomic E-state index is -0.611. The summed E-state index contributed by atoms with van der Waals surface area (Å²) in [5.41, 5.74) is 0.547. The maximum absolute atomic E-state index is 12.7. The number of hydrogen-bond acceptors (Lipinski definition) is 4. The van der Waals surface area contributed by atoms with Crippen LogP contribution in [0.1, 0.15) is 26.3 Å². The topological polar surface area (TPSA) is 50.8 Å². The van der Waals surface area contributed by atoms with E-state index in [4.69, 9.17) is 9.47 Å². The van der Waals surface area contributed by atoms with Crippen molar-refractivity contribution < 1.29 is 14.3 Å². The SMILES string of the molecule is CCc1ccccc1OCC(C)(C)C(=O)N[C@H]1CN(C)C[C@@H]1OC. The average Bonchev–Trinajstić information content (AvgIpc) is 2.92. The Morgan fingerprint density at radius 1 is 1.33 bits per heavy atom. The van der Waals surface area contributed by atoms with E-state index >= 15 is 0 Å². The van der Waals surface area contributed by atoms with E-state index in [0.717, 1.165) is 30.8 Å². The molecule has 134 valence electrons. The number of para-hydroxylation sites is 1. The number of carbonyl (C=O) groups excluding carboxylic acids is 1. The molecule has 1 aromatic rings. The molecule has 0 saturated carbocycles. The van der Waals surface area contributed by atoms with Gasteiger partial charge in [-0.3, -0.25) is 4.79 Å². The molecule has 24 heavy (non-hydrogen) atoms. The van der Waals surface area contributed by atoms with Crippen LogP contribution in [0.15, 0.2) is 24.3 Å². The molecule has 1 saturated heterocycles. The van der Waals surface area contributed by atoms with Crippen LogP contribution in [0, 0.1) is 5.41 Å². The molecule has 1 aliphatic heterocycles. The van der Waals surface area contributed by atoms with Crippen molar-refractivity contribution in [2.75, 3.05) is 33.9 Å². The van der Waals surface area contributed by atoms with E-state index < -0.39 is 5.41 Å². The molecule has 1 aromatic carbocycles. The molecule has 1 fully saturated rings. The van der Waals surface area contributed by atoms with Gasteiger partial charge in [-0.15, -0.1) is 0 Å². The molecule has 5 heteroatoms. The maximum Gasteiger partial charge on any atom is 0.229 e. The number of aryl methyl sites for hydroxylation is 1. The van der Waals surface area contributed by atoms with E-state index in [0.29, 0.717) is 6.61 Å². The van der Waals surface area contributed by atoms with E-state index in [-0.39, 0.29) is 18.1 Å². The summed E-state index contributed by atoms with van der Waals surface area (Å²) < 4.78 is 11.4. The van der Waals surface area contributed by atoms with Crippen molar-refractivity contribution >= 4 is 5.91 Å². The van der Waals surface area contributed by atoms with Crippen molar-refractivity contribution in [3.63, 3.8) is 0 Å². The molecular formula is C19H30N2O3. The second-order valence-corrected chi connectivity index (χ2v) is 7.21. The smallest absolute Gasteiger partial charge is 0.229 e. The van der Waals surface area contributed by atoms with Crippen LogP contribution in [0.3, 0.4) is 0 Å². The Balaban J connectivity index is 1.95. The van der Waals surface area contributed by atoms with E-state index in [9.17, 15) is 4.79 Å². The molecule has 1 N–H and O–H groups in total. The van der Waals surface area contributed by atoms with Crippen LogP contribution in [-0.4, -0.2) is 56.8 Å². The van der Waals surface area contributed by atoms with Gasteiger partial charge in [0, 0.05) is 20.2 Å². The van der Waals surface area contributed by atoms with Gasteiger partial charge in [0.2, 0.25) is 5.91 Å². The fourth-order valence-electron chi connectivity index (χ4n) is 2.96. The minimum absolute atomic E-state index is 0.00108. The molecule has 5 nitrogen and oxygen atoms in total. The van der Waals surface area contributed by atoms with Crippen LogP contribution >= 0.6 is 0 Å². The lowest BCUT2D eigenvalue weighted by Crippen LogP contribution is -2.50. The van der Waals surface area contributed by atoms with Crippen LogP contribution in [0.2, 0.25) is 0 Å². The third-order valence-electron chi connectivity index (χ3n) is 4.62. The third-order valence-corrected chi connectivity index (χ3v) is 4.62. The van der Waals surface area contributed by atoms with Gasteiger partial charge in [0.05, 0.1) is 17.6 Å². The molecule has 1 heterocycles. The van der Waals surface area contributed by atoms with Gasteiger partial charge < -0.3 is 19.7 Å². The van der Waals surface area contributed by atoms with E-state index in [1.54, 1.807) is 7.11 Å². The number of hydrogen-bond donors (Lipinski definition) is 1. The molecule has 0 aliphatic carbocycles. The fourth-order valence-corrected chi connectivity index (χ4v) is 2.96. The van der Waals surface area contributed by atoms with Crippen molar-refractivity contribution in [3.8, 4) is 5.75 Å². The lowest BCUT2D eigenvalue weighted by molar-refractivity contribution is -0.132. The van der Waals surface area contributed by atoms with Gasteiger partial charge in [0.25, 0.3) is 0 Å². The molecular weight excluding hydrogens is 304 g/mol. The van der Waals surface area contributed by atoms with Crippen LogP contribution in [-0.2, 0) is 16.0 Å². The zero-order chi connectivity index (χ0) is 17.7. The van der Waals surface area contributed by atoms with Gasteiger partial charge in [0.15, 0.2) is 0 Å². The summed E-state index contributed by atoms with van der Waals surface area (Å²) in [6, 6.07) is 8.00. The van der Waals surface area contributed by atoms with E-state index in [1.807, 2.05) is 39.1 Å². The number of carbonyl (C=O) groups is 1. The highest BCUT2D eigenvalue weighted by molar-refractivity contribution is 5.82. The first-order valence-electron chi connectivity index (χ1n) is 8.60. The first kappa shape index (κ1) is 18.7. The number of amides is 1. The zero-order valence-electron chi connectivity index (χ0n) is 15.5. The Bertz CT molecular complexity index is 559. The number of nitrogens with one attached hydrogen (secondary N) is 1. The van der Waals surface area contributed by atoms with Crippen molar-refractivity contribution in [1.29, 1.82) is 0 Å². The summed E-state index contributed by atoms with van der Waals surface area (Å²) in [6.07, 6.45) is 0.948. The Hall–Kier alpha value is -1.59. The van der Waals surface area contributed by atoms with Gasteiger partial charge >= 0.3 is 0 Å². The predicted molar refractivity (Wildman–Crippen MR) is 95.3 cm³/mol. The molecule has 0 radical (unpaired) electrons. The van der Waals surface area contributed by atoms with Gasteiger partial charge in [-0.1, -0.05) is 25.1 Å². The first-order chi connectivity index (χ1) is 11.4. The van der Waals surface area contributed by atoms with Crippen LogP contribution in [0.25, 0.3) is 0 Å². The highest BCUT2D eigenvalue weighted by atomic mass is 16.5. The number of rotatable bonds is 7. The third kappa shape index (κ3) is 4.48. The standard InChI is InChI=1S/C19H30N2O3/c1-6-14-9-7-8-10-16(14)24-13-19(2,3)18(22)20-15-11-21(4)12-17(15)23-5/h7-10,15,17H,6,11-13H2,1-5H3,(H,20,22)/t15-,17-/m0/s1. The molecule has 2 atom stereocenters. The molecule has 0 aromatic heterocycles. The summed E-state index contributed by atoms with van der Waals surface area (Å²) in [5.74, 6) is 0.857. The Morgan fingerprint density at radius 2 is 2.04 bits per heavy atom. The predicted octanol–water partition coefficient (Wildman–Crippen LogP) is 2.10. The molecule has 0 unspecified atom stereocenters. The van der Waals surface area contributed by atoms with E-state index in [2.05, 4.69) is 23.2 Å². The van der Waals surface area contributed by atoms with E-state index in [1.165, 1.54) is 0 Å². The largest absolute Gasteiger partial charge is 0.492 e. The summed E-state index contributed by atoms with van der Waals surface area (Å²) in [4.78, 5) is 14.9. The Kier molecular flexibility index (Phi) is 6.24. The quantitative estimate of drug-likeness (QED) is 0.830. The molecule has 0 bridgehead atoms. The van der Waals surface area contributed by atoms with Crippen molar-refractivity contribution in [2.24, 2.45) is 5.41 Å². The summed E-state index contributed by atoms with van der Waals surface area (Å²) >= 11 is 0. The number of benzene rings is 1. The monoisotopic (exact) mass is 334 g/mol. The lowest BCUT2D eigenvalue weighted by Gasteiger charge is -2.28. The summed E-state index contributed by atoms with van der Waals surface area (Å²) in [7, 11) is 3.73. The Morgan fingerprint density at radius 3 is 2.71 bits per heavy atom. The first-order valence-corrected chi connectivity index (χ1v) is 8.60. The van der Waals surface area contributed by atoms with Crippen LogP contribution < -0.4 is 10.1 Å². The normalized spacial score (nSPS) is 21.7. The minimum Gasteiger partial charge on any atom is -0.492 e. The maximum atomic E-state index is 12.7. The molecule has 2 rings (SSSR count). The highest BCUT2D eigenvalue weighted by Crippen LogP contribution is 2.23. The second-order valence-electron chi connectivity index (χ2n) is 7.21. The van der Waals surface area contributed by atoms with Crippen molar-refractivity contribution in [3.05, 3.63) is 29.8 Å². The van der Waals surface area contributed by atoms with Gasteiger partial charge in [-0.05, 0) is 38.9 Å². The molecule has 1 aliphatic rings. The van der Waals surface area contributed by atoms with Crippen LogP contribution in [0.4, 0.5) is 0 Å². The lowest BCUT2D eigenvalue weighted by atomic mass is 9.93. The highest BCUT2D eigenvalue weighted by Gasteiger charge is 2.36. The van der Waals surface area contributed by atoms with Gasteiger partial charge in [0.1, 0.15) is 12.4 Å².